The first-order valence-electron chi connectivity index (χ1n) is 8.49. The number of urea groups is 1. The fraction of sp³-hybridized carbons (Fsp3) is 0.0556. The molecule has 0 aliphatic carbocycles. The fourth-order valence-electron chi connectivity index (χ4n) is 2.19. The van der Waals surface area contributed by atoms with Crippen LogP contribution in [0.15, 0.2) is 46.8 Å². The largest absolute Gasteiger partial charge is 0.366 e. The average molecular weight is 497 g/mol. The van der Waals surface area contributed by atoms with Gasteiger partial charge in [-0.1, -0.05) is 46.3 Å². The Morgan fingerprint density at radius 2 is 1.65 bits per heavy atom. The second-order valence-corrected chi connectivity index (χ2v) is 8.87. The number of aromatic nitrogens is 2. The van der Waals surface area contributed by atoms with Crippen molar-refractivity contribution < 1.29 is 14.4 Å². The summed E-state index contributed by atoms with van der Waals surface area (Å²) in [5.74, 6) is -0.722. The van der Waals surface area contributed by atoms with Gasteiger partial charge in [-0.15, -0.1) is 10.2 Å². The quantitative estimate of drug-likeness (QED) is 0.283. The van der Waals surface area contributed by atoms with Gasteiger partial charge in [-0.2, -0.15) is 0 Å². The smallest absolute Gasteiger partial charge is 0.325 e. The Morgan fingerprint density at radius 1 is 0.935 bits per heavy atom. The molecule has 9 nitrogen and oxygen atoms in total. The summed E-state index contributed by atoms with van der Waals surface area (Å²) >= 11 is 14.0. The molecule has 13 heteroatoms. The van der Waals surface area contributed by atoms with Crippen LogP contribution >= 0.6 is 46.3 Å². The number of amides is 4. The predicted octanol–water partition coefficient (Wildman–Crippen LogP) is 4.32. The van der Waals surface area contributed by atoms with E-state index in [1.165, 1.54) is 30.0 Å². The molecular formula is C18H14Cl2N6O3S2. The van der Waals surface area contributed by atoms with Crippen LogP contribution in [-0.2, 0) is 4.79 Å². The van der Waals surface area contributed by atoms with Crippen LogP contribution < -0.4 is 21.7 Å². The highest BCUT2D eigenvalue weighted by Crippen LogP contribution is 2.27. The molecule has 0 bridgehead atoms. The van der Waals surface area contributed by atoms with E-state index in [0.29, 0.717) is 31.3 Å². The predicted molar refractivity (Wildman–Crippen MR) is 123 cm³/mol. The molecule has 1 heterocycles. The van der Waals surface area contributed by atoms with Crippen molar-refractivity contribution in [3.63, 3.8) is 0 Å². The molecule has 0 aliphatic rings. The number of nitrogens with two attached hydrogens (primary N) is 1. The van der Waals surface area contributed by atoms with Crippen molar-refractivity contribution in [2.75, 3.05) is 21.7 Å². The van der Waals surface area contributed by atoms with E-state index in [1.54, 1.807) is 24.3 Å². The molecule has 0 atom stereocenters. The van der Waals surface area contributed by atoms with E-state index >= 15 is 0 Å². The second-order valence-electron chi connectivity index (χ2n) is 5.86. The lowest BCUT2D eigenvalue weighted by Gasteiger charge is -2.06. The summed E-state index contributed by atoms with van der Waals surface area (Å²) in [6.07, 6.45) is 0. The molecule has 3 aromatic rings. The maximum absolute atomic E-state index is 12.1. The maximum atomic E-state index is 12.1. The van der Waals surface area contributed by atoms with Gasteiger partial charge in [0.25, 0.3) is 0 Å². The maximum Gasteiger partial charge on any atom is 0.325 e. The molecule has 0 aliphatic heterocycles. The lowest BCUT2D eigenvalue weighted by Crippen LogP contribution is -2.19. The number of nitrogens with zero attached hydrogens (tertiary/aromatic N) is 2. The summed E-state index contributed by atoms with van der Waals surface area (Å²) in [5.41, 5.74) is 6.53. The minimum absolute atomic E-state index is 0.0850. The van der Waals surface area contributed by atoms with E-state index in [2.05, 4.69) is 26.1 Å². The first kappa shape index (κ1) is 22.8. The average Bonchev–Trinajstić information content (AvgIpc) is 3.17. The Morgan fingerprint density at radius 3 is 2.32 bits per heavy atom. The second kappa shape index (κ2) is 10.4. The Labute approximate surface area is 194 Å². The minimum atomic E-state index is -0.542. The van der Waals surface area contributed by atoms with Crippen LogP contribution in [0.2, 0.25) is 10.0 Å². The Bertz CT molecular complexity index is 1120. The number of nitrogens with one attached hydrogen (secondary N) is 3. The van der Waals surface area contributed by atoms with Crippen LogP contribution in [0.25, 0.3) is 0 Å². The summed E-state index contributed by atoms with van der Waals surface area (Å²) in [5, 5.41) is 16.6. The number of benzene rings is 2. The molecule has 0 radical (unpaired) electrons. The van der Waals surface area contributed by atoms with Crippen molar-refractivity contribution in [1.29, 1.82) is 0 Å². The van der Waals surface area contributed by atoms with Gasteiger partial charge in [0.1, 0.15) is 0 Å². The van der Waals surface area contributed by atoms with Crippen molar-refractivity contribution >= 4 is 80.7 Å². The number of primary amides is 1. The highest BCUT2D eigenvalue weighted by Gasteiger charge is 2.12. The number of halogens is 2. The number of rotatable bonds is 7. The van der Waals surface area contributed by atoms with E-state index in [1.807, 2.05) is 0 Å². The van der Waals surface area contributed by atoms with Crippen molar-refractivity contribution in [2.24, 2.45) is 5.73 Å². The molecule has 5 N–H and O–H groups in total. The summed E-state index contributed by atoms with van der Waals surface area (Å²) < 4.78 is 0.504. The van der Waals surface area contributed by atoms with Crippen LogP contribution in [0.5, 0.6) is 0 Å². The number of carbonyl (C=O) groups excluding carboxylic acids is 3. The van der Waals surface area contributed by atoms with Gasteiger partial charge in [0.05, 0.1) is 15.8 Å². The zero-order valence-corrected chi connectivity index (χ0v) is 18.7. The number of anilines is 3. The fourth-order valence-corrected chi connectivity index (χ4v) is 4.04. The van der Waals surface area contributed by atoms with E-state index in [0.717, 1.165) is 11.3 Å². The summed E-state index contributed by atoms with van der Waals surface area (Å²) in [4.78, 5) is 35.2. The molecule has 4 amide bonds. The van der Waals surface area contributed by atoms with Crippen molar-refractivity contribution in [2.45, 2.75) is 4.34 Å². The SMILES string of the molecule is NC(=O)c1ccc(NC(=O)CSc2nnc(NC(=O)Nc3ccc(Cl)c(Cl)c3)s2)cc1. The Kier molecular flexibility index (Phi) is 7.69. The van der Waals surface area contributed by atoms with Gasteiger partial charge in [0.2, 0.25) is 16.9 Å². The number of carbonyl (C=O) groups is 3. The third kappa shape index (κ3) is 6.82. The van der Waals surface area contributed by atoms with Gasteiger partial charge >= 0.3 is 6.03 Å². The molecule has 2 aromatic carbocycles. The Hall–Kier alpha value is -2.86. The third-order valence-electron chi connectivity index (χ3n) is 3.58. The van der Waals surface area contributed by atoms with Crippen LogP contribution in [0.1, 0.15) is 10.4 Å². The number of thioether (sulfide) groups is 1. The topological polar surface area (TPSA) is 139 Å². The molecule has 31 heavy (non-hydrogen) atoms. The van der Waals surface area contributed by atoms with E-state index < -0.39 is 11.9 Å². The van der Waals surface area contributed by atoms with Crippen molar-refractivity contribution in [1.82, 2.24) is 10.2 Å². The van der Waals surface area contributed by atoms with Crippen LogP contribution in [0.4, 0.5) is 21.3 Å². The van der Waals surface area contributed by atoms with Gasteiger partial charge < -0.3 is 16.4 Å². The molecule has 1 aromatic heterocycles. The molecule has 0 saturated carbocycles. The summed E-state index contributed by atoms with van der Waals surface area (Å²) in [6, 6.07) is 10.4. The molecule has 0 fully saturated rings. The van der Waals surface area contributed by atoms with Gasteiger partial charge in [-0.05, 0) is 42.5 Å². The monoisotopic (exact) mass is 496 g/mol. The van der Waals surface area contributed by atoms with Crippen molar-refractivity contribution in [3.8, 4) is 0 Å². The van der Waals surface area contributed by atoms with E-state index in [-0.39, 0.29) is 16.8 Å². The molecule has 0 spiro atoms. The summed E-state index contributed by atoms with van der Waals surface area (Å²) in [7, 11) is 0. The minimum Gasteiger partial charge on any atom is -0.366 e. The van der Waals surface area contributed by atoms with Crippen molar-refractivity contribution in [3.05, 3.63) is 58.1 Å². The molecule has 0 unspecified atom stereocenters. The Balaban J connectivity index is 1.46. The zero-order chi connectivity index (χ0) is 22.4. The van der Waals surface area contributed by atoms with Crippen LogP contribution in [0, 0.1) is 0 Å². The zero-order valence-electron chi connectivity index (χ0n) is 15.5. The molecule has 3 rings (SSSR count). The van der Waals surface area contributed by atoms with Gasteiger partial charge in [-0.25, -0.2) is 4.79 Å². The standard InChI is InChI=1S/C18H14Cl2N6O3S2/c19-12-6-5-11(7-13(12)20)23-16(29)24-17-25-26-18(31-17)30-8-14(27)22-10-3-1-9(2-4-10)15(21)28/h1-7H,8H2,(H2,21,28)(H,22,27)(H2,23,24,25,29). The molecule has 0 saturated heterocycles. The highest BCUT2D eigenvalue weighted by atomic mass is 35.5. The normalized spacial score (nSPS) is 10.4. The number of hydrogen-bond donors (Lipinski definition) is 4. The highest BCUT2D eigenvalue weighted by molar-refractivity contribution is 8.01. The first-order valence-corrected chi connectivity index (χ1v) is 11.0. The first-order chi connectivity index (χ1) is 14.8. The number of hydrogen-bond acceptors (Lipinski definition) is 7. The van der Waals surface area contributed by atoms with Gasteiger partial charge in [0.15, 0.2) is 4.34 Å². The summed E-state index contributed by atoms with van der Waals surface area (Å²) in [6.45, 7) is 0. The molecular weight excluding hydrogens is 483 g/mol. The van der Waals surface area contributed by atoms with Gasteiger partial charge in [0, 0.05) is 16.9 Å². The third-order valence-corrected chi connectivity index (χ3v) is 6.30. The van der Waals surface area contributed by atoms with E-state index in [4.69, 9.17) is 28.9 Å². The van der Waals surface area contributed by atoms with E-state index in [9.17, 15) is 14.4 Å². The molecule has 160 valence electrons. The lowest BCUT2D eigenvalue weighted by atomic mass is 10.2. The van der Waals surface area contributed by atoms with Crippen LogP contribution in [0.3, 0.4) is 0 Å². The van der Waals surface area contributed by atoms with Crippen LogP contribution in [-0.4, -0.2) is 33.8 Å². The lowest BCUT2D eigenvalue weighted by molar-refractivity contribution is -0.113. The van der Waals surface area contributed by atoms with Gasteiger partial charge in [-0.3, -0.25) is 14.9 Å².